The first-order chi connectivity index (χ1) is 13.8. The number of rotatable bonds is 5. The molecular formula is C23H36N4O2. The Bertz CT molecular complexity index is 687. The van der Waals surface area contributed by atoms with E-state index >= 15 is 0 Å². The molecular weight excluding hydrogens is 364 g/mol. The zero-order valence-electron chi connectivity index (χ0n) is 18.4. The Morgan fingerprint density at radius 2 is 1.62 bits per heavy atom. The summed E-state index contributed by atoms with van der Waals surface area (Å²) in [5.74, 6) is 1.44. The molecule has 3 unspecified atom stereocenters. The summed E-state index contributed by atoms with van der Waals surface area (Å²) < 4.78 is 0. The molecule has 0 bridgehead atoms. The van der Waals surface area contributed by atoms with E-state index in [1.54, 1.807) is 0 Å². The van der Waals surface area contributed by atoms with Gasteiger partial charge in [0.1, 0.15) is 0 Å². The van der Waals surface area contributed by atoms with Gasteiger partial charge in [-0.2, -0.15) is 0 Å². The van der Waals surface area contributed by atoms with Gasteiger partial charge in [0.25, 0.3) is 0 Å². The molecule has 2 aliphatic rings. The summed E-state index contributed by atoms with van der Waals surface area (Å²) in [5.41, 5.74) is 2.01. The summed E-state index contributed by atoms with van der Waals surface area (Å²) >= 11 is 0. The lowest BCUT2D eigenvalue weighted by atomic mass is 9.91. The standard InChI is InChI=1S/C23H36N4O2/c1-17-5-7-21(8-6-17)24-22(28)16-25-9-11-26(12-10-25)20(4)23(29)27-14-18(2)13-19(3)15-27/h5-8,18-20H,9-16H2,1-4H3,(H,24,28). The van der Waals surface area contributed by atoms with E-state index in [1.165, 1.54) is 12.0 Å². The Hall–Kier alpha value is -1.92. The van der Waals surface area contributed by atoms with E-state index in [9.17, 15) is 9.59 Å². The summed E-state index contributed by atoms with van der Waals surface area (Å²) in [6.45, 7) is 14.0. The van der Waals surface area contributed by atoms with E-state index in [-0.39, 0.29) is 17.9 Å². The van der Waals surface area contributed by atoms with Gasteiger partial charge in [0, 0.05) is 45.0 Å². The molecule has 1 aromatic rings. The number of piperazine rings is 1. The summed E-state index contributed by atoms with van der Waals surface area (Å²) in [4.78, 5) is 31.8. The SMILES string of the molecule is Cc1ccc(NC(=O)CN2CCN(C(C)C(=O)N3CC(C)CC(C)C3)CC2)cc1. The molecule has 3 rings (SSSR count). The molecule has 0 spiro atoms. The van der Waals surface area contributed by atoms with Crippen LogP contribution >= 0.6 is 0 Å². The molecule has 1 N–H and O–H groups in total. The van der Waals surface area contributed by atoms with Gasteiger partial charge < -0.3 is 10.2 Å². The minimum absolute atomic E-state index is 0.0164. The van der Waals surface area contributed by atoms with Crippen LogP contribution in [0.3, 0.4) is 0 Å². The molecule has 1 aromatic carbocycles. The maximum absolute atomic E-state index is 13.0. The van der Waals surface area contributed by atoms with Crippen LogP contribution in [0.4, 0.5) is 5.69 Å². The first-order valence-electron chi connectivity index (χ1n) is 10.9. The highest BCUT2D eigenvalue weighted by molar-refractivity contribution is 5.92. The number of benzene rings is 1. The Balaban J connectivity index is 1.44. The highest BCUT2D eigenvalue weighted by Crippen LogP contribution is 2.22. The average molecular weight is 401 g/mol. The predicted octanol–water partition coefficient (Wildman–Crippen LogP) is 2.44. The van der Waals surface area contributed by atoms with Gasteiger partial charge in [-0.05, 0) is 44.2 Å². The largest absolute Gasteiger partial charge is 0.341 e. The van der Waals surface area contributed by atoms with Crippen LogP contribution < -0.4 is 5.32 Å². The van der Waals surface area contributed by atoms with Crippen LogP contribution in [0.25, 0.3) is 0 Å². The number of anilines is 1. The summed E-state index contributed by atoms with van der Waals surface area (Å²) in [5, 5.41) is 2.96. The second kappa shape index (κ2) is 9.72. The topological polar surface area (TPSA) is 55.9 Å². The molecule has 6 nitrogen and oxygen atoms in total. The maximum Gasteiger partial charge on any atom is 0.239 e. The van der Waals surface area contributed by atoms with Crippen LogP contribution in [0.15, 0.2) is 24.3 Å². The van der Waals surface area contributed by atoms with Crippen molar-refractivity contribution in [1.82, 2.24) is 14.7 Å². The molecule has 6 heteroatoms. The number of nitrogens with zero attached hydrogens (tertiary/aromatic N) is 3. The van der Waals surface area contributed by atoms with Crippen LogP contribution in [-0.4, -0.2) is 78.4 Å². The number of hydrogen-bond acceptors (Lipinski definition) is 4. The first-order valence-corrected chi connectivity index (χ1v) is 10.9. The van der Waals surface area contributed by atoms with E-state index in [2.05, 4.69) is 33.9 Å². The van der Waals surface area contributed by atoms with Gasteiger partial charge in [-0.15, -0.1) is 0 Å². The number of carbonyl (C=O) groups excluding carboxylic acids is 2. The number of carbonyl (C=O) groups is 2. The van der Waals surface area contributed by atoms with Crippen molar-refractivity contribution >= 4 is 17.5 Å². The molecule has 0 saturated carbocycles. The van der Waals surface area contributed by atoms with Crippen molar-refractivity contribution in [3.05, 3.63) is 29.8 Å². The van der Waals surface area contributed by atoms with Gasteiger partial charge in [-0.1, -0.05) is 31.5 Å². The van der Waals surface area contributed by atoms with E-state index in [4.69, 9.17) is 0 Å². The van der Waals surface area contributed by atoms with Crippen molar-refractivity contribution < 1.29 is 9.59 Å². The highest BCUT2D eigenvalue weighted by Gasteiger charge is 2.32. The monoisotopic (exact) mass is 400 g/mol. The molecule has 29 heavy (non-hydrogen) atoms. The van der Waals surface area contributed by atoms with Crippen molar-refractivity contribution in [3.8, 4) is 0 Å². The van der Waals surface area contributed by atoms with Gasteiger partial charge in [-0.25, -0.2) is 0 Å². The predicted molar refractivity (Wildman–Crippen MR) is 117 cm³/mol. The third-order valence-corrected chi connectivity index (χ3v) is 6.20. The van der Waals surface area contributed by atoms with Crippen LogP contribution in [-0.2, 0) is 9.59 Å². The van der Waals surface area contributed by atoms with Crippen LogP contribution in [0.2, 0.25) is 0 Å². The number of aryl methyl sites for hydroxylation is 1. The Kier molecular flexibility index (Phi) is 7.30. The third-order valence-electron chi connectivity index (χ3n) is 6.20. The number of nitrogens with one attached hydrogen (secondary N) is 1. The number of hydrogen-bond donors (Lipinski definition) is 1. The quantitative estimate of drug-likeness (QED) is 0.825. The molecule has 0 aromatic heterocycles. The van der Waals surface area contributed by atoms with Crippen molar-refractivity contribution in [2.24, 2.45) is 11.8 Å². The van der Waals surface area contributed by atoms with E-state index in [1.807, 2.05) is 38.1 Å². The summed E-state index contributed by atoms with van der Waals surface area (Å²) in [6, 6.07) is 7.77. The van der Waals surface area contributed by atoms with Gasteiger partial charge in [0.05, 0.1) is 12.6 Å². The highest BCUT2D eigenvalue weighted by atomic mass is 16.2. The van der Waals surface area contributed by atoms with Crippen LogP contribution in [0.1, 0.15) is 32.8 Å². The number of likely N-dealkylation sites (tertiary alicyclic amines) is 1. The average Bonchev–Trinajstić information content (AvgIpc) is 2.68. The molecule has 0 radical (unpaired) electrons. The lowest BCUT2D eigenvalue weighted by Gasteiger charge is -2.41. The van der Waals surface area contributed by atoms with Gasteiger partial charge in [0.2, 0.25) is 11.8 Å². The minimum Gasteiger partial charge on any atom is -0.341 e. The number of amides is 2. The van der Waals surface area contributed by atoms with Crippen LogP contribution in [0, 0.1) is 18.8 Å². The Morgan fingerprint density at radius 3 is 2.21 bits per heavy atom. The third kappa shape index (κ3) is 6.03. The fraction of sp³-hybridized carbons (Fsp3) is 0.652. The molecule has 2 heterocycles. The molecule has 0 aliphatic carbocycles. The van der Waals surface area contributed by atoms with Crippen molar-refractivity contribution in [1.29, 1.82) is 0 Å². The normalized spacial score (nSPS) is 24.9. The minimum atomic E-state index is -0.0870. The van der Waals surface area contributed by atoms with Crippen molar-refractivity contribution in [3.63, 3.8) is 0 Å². The molecule has 2 saturated heterocycles. The molecule has 160 valence electrons. The lowest BCUT2D eigenvalue weighted by molar-refractivity contribution is -0.140. The smallest absolute Gasteiger partial charge is 0.239 e. The fourth-order valence-electron chi connectivity index (χ4n) is 4.61. The fourth-order valence-corrected chi connectivity index (χ4v) is 4.61. The zero-order chi connectivity index (χ0) is 21.0. The maximum atomic E-state index is 13.0. The summed E-state index contributed by atoms with van der Waals surface area (Å²) in [6.07, 6.45) is 1.21. The second-order valence-corrected chi connectivity index (χ2v) is 9.09. The number of piperidine rings is 1. The van der Waals surface area contributed by atoms with Gasteiger partial charge in [-0.3, -0.25) is 19.4 Å². The van der Waals surface area contributed by atoms with Crippen molar-refractivity contribution in [2.75, 3.05) is 51.1 Å². The Labute approximate surface area is 175 Å². The molecule has 2 aliphatic heterocycles. The van der Waals surface area contributed by atoms with Crippen molar-refractivity contribution in [2.45, 2.75) is 40.2 Å². The Morgan fingerprint density at radius 1 is 1.03 bits per heavy atom. The van der Waals surface area contributed by atoms with E-state index in [0.29, 0.717) is 18.4 Å². The van der Waals surface area contributed by atoms with Gasteiger partial charge >= 0.3 is 0 Å². The molecule has 3 atom stereocenters. The molecule has 2 amide bonds. The van der Waals surface area contributed by atoms with Gasteiger partial charge in [0.15, 0.2) is 0 Å². The first kappa shape index (κ1) is 21.8. The molecule has 2 fully saturated rings. The summed E-state index contributed by atoms with van der Waals surface area (Å²) in [7, 11) is 0. The van der Waals surface area contributed by atoms with Crippen LogP contribution in [0.5, 0.6) is 0 Å². The zero-order valence-corrected chi connectivity index (χ0v) is 18.4. The van der Waals surface area contributed by atoms with E-state index in [0.717, 1.165) is 45.0 Å². The van der Waals surface area contributed by atoms with E-state index < -0.39 is 0 Å². The lowest BCUT2D eigenvalue weighted by Crippen LogP contribution is -2.56. The second-order valence-electron chi connectivity index (χ2n) is 9.09.